The summed E-state index contributed by atoms with van der Waals surface area (Å²) in [7, 11) is 0. The Hall–Kier alpha value is -1.06. The maximum atomic E-state index is 12.4. The van der Waals surface area contributed by atoms with E-state index in [1.807, 2.05) is 24.3 Å². The van der Waals surface area contributed by atoms with E-state index in [4.69, 9.17) is 16.3 Å². The number of nitrogens with zero attached hydrogens (tertiary/aromatic N) is 1. The maximum Gasteiger partial charge on any atom is 0.223 e. The van der Waals surface area contributed by atoms with Gasteiger partial charge in [-0.2, -0.15) is 0 Å². The monoisotopic (exact) mass is 293 g/mol. The Kier molecular flexibility index (Phi) is 4.27. The Morgan fingerprint density at radius 1 is 1.15 bits per heavy atom. The highest BCUT2D eigenvalue weighted by Gasteiger charge is 2.35. The Morgan fingerprint density at radius 3 is 2.65 bits per heavy atom. The highest BCUT2D eigenvalue weighted by atomic mass is 35.5. The molecule has 4 heteroatoms. The summed E-state index contributed by atoms with van der Waals surface area (Å²) in [5, 5.41) is 0.739. The topological polar surface area (TPSA) is 29.5 Å². The van der Waals surface area contributed by atoms with Crippen LogP contribution in [0.5, 0.6) is 0 Å². The van der Waals surface area contributed by atoms with Crippen LogP contribution in [0.25, 0.3) is 0 Å². The van der Waals surface area contributed by atoms with E-state index in [-0.39, 0.29) is 18.0 Å². The Labute approximate surface area is 124 Å². The van der Waals surface area contributed by atoms with Crippen LogP contribution in [-0.4, -0.2) is 30.1 Å². The van der Waals surface area contributed by atoms with Gasteiger partial charge in [-0.1, -0.05) is 23.7 Å². The smallest absolute Gasteiger partial charge is 0.223 e. The first-order chi connectivity index (χ1) is 9.75. The van der Waals surface area contributed by atoms with Gasteiger partial charge in [0.1, 0.15) is 0 Å². The first-order valence-electron chi connectivity index (χ1n) is 7.40. The lowest BCUT2D eigenvalue weighted by atomic mass is 9.92. The van der Waals surface area contributed by atoms with Crippen molar-refractivity contribution in [1.82, 2.24) is 4.90 Å². The summed E-state index contributed by atoms with van der Waals surface area (Å²) in [4.78, 5) is 14.5. The van der Waals surface area contributed by atoms with Gasteiger partial charge in [0.2, 0.25) is 5.91 Å². The van der Waals surface area contributed by atoms with Crippen molar-refractivity contribution in [3.05, 3.63) is 34.9 Å². The number of benzene rings is 1. The molecule has 3 rings (SSSR count). The lowest BCUT2D eigenvalue weighted by Crippen LogP contribution is -2.48. The Balaban J connectivity index is 1.85. The Morgan fingerprint density at radius 2 is 1.95 bits per heavy atom. The summed E-state index contributed by atoms with van der Waals surface area (Å²) in [5.74, 6) is 0.270. The number of hydrogen-bond donors (Lipinski definition) is 0. The van der Waals surface area contributed by atoms with Crippen LogP contribution in [0.1, 0.15) is 43.7 Å². The molecule has 0 saturated carbocycles. The number of carbonyl (C=O) groups is 1. The molecule has 0 aromatic heterocycles. The SMILES string of the molecule is O=C1CCCC(c2ccc(Cl)cc2)N1C1CCCOC1. The third-order valence-electron chi connectivity index (χ3n) is 4.28. The van der Waals surface area contributed by atoms with E-state index < -0.39 is 0 Å². The number of amides is 1. The van der Waals surface area contributed by atoms with E-state index >= 15 is 0 Å². The highest BCUT2D eigenvalue weighted by Crippen LogP contribution is 2.35. The van der Waals surface area contributed by atoms with Gasteiger partial charge < -0.3 is 9.64 Å². The van der Waals surface area contributed by atoms with Crippen molar-refractivity contribution in [2.45, 2.75) is 44.2 Å². The molecule has 2 aliphatic heterocycles. The third kappa shape index (κ3) is 2.84. The predicted octanol–water partition coefficient (Wildman–Crippen LogP) is 3.57. The van der Waals surface area contributed by atoms with Gasteiger partial charge in [-0.15, -0.1) is 0 Å². The van der Waals surface area contributed by atoms with Gasteiger partial charge in [0, 0.05) is 18.1 Å². The zero-order valence-electron chi connectivity index (χ0n) is 11.6. The van der Waals surface area contributed by atoms with Crippen LogP contribution in [0.15, 0.2) is 24.3 Å². The van der Waals surface area contributed by atoms with Crippen molar-refractivity contribution in [3.8, 4) is 0 Å². The minimum absolute atomic E-state index is 0.181. The van der Waals surface area contributed by atoms with Crippen molar-refractivity contribution in [2.75, 3.05) is 13.2 Å². The number of piperidine rings is 1. The van der Waals surface area contributed by atoms with Crippen LogP contribution >= 0.6 is 11.6 Å². The molecule has 0 radical (unpaired) electrons. The second kappa shape index (κ2) is 6.15. The van der Waals surface area contributed by atoms with Gasteiger partial charge in [0.15, 0.2) is 0 Å². The van der Waals surface area contributed by atoms with Crippen LogP contribution in [0, 0.1) is 0 Å². The van der Waals surface area contributed by atoms with Crippen molar-refractivity contribution in [3.63, 3.8) is 0 Å². The molecule has 1 aromatic carbocycles. The number of likely N-dealkylation sites (tertiary alicyclic amines) is 1. The second-order valence-electron chi connectivity index (χ2n) is 5.63. The normalized spacial score (nSPS) is 27.6. The fourth-order valence-electron chi connectivity index (χ4n) is 3.30. The molecule has 0 aliphatic carbocycles. The highest BCUT2D eigenvalue weighted by molar-refractivity contribution is 6.30. The summed E-state index contributed by atoms with van der Waals surface area (Å²) >= 11 is 5.96. The van der Waals surface area contributed by atoms with Gasteiger partial charge in [-0.3, -0.25) is 4.79 Å². The molecule has 1 aromatic rings. The fourth-order valence-corrected chi connectivity index (χ4v) is 3.43. The van der Waals surface area contributed by atoms with Gasteiger partial charge in [0.25, 0.3) is 0 Å². The molecule has 2 aliphatic rings. The van der Waals surface area contributed by atoms with Gasteiger partial charge in [-0.25, -0.2) is 0 Å². The molecule has 2 saturated heterocycles. The van der Waals surface area contributed by atoms with Crippen LogP contribution in [0.2, 0.25) is 5.02 Å². The zero-order valence-corrected chi connectivity index (χ0v) is 12.3. The molecule has 0 N–H and O–H groups in total. The number of carbonyl (C=O) groups excluding carboxylic acids is 1. The molecule has 3 nitrogen and oxygen atoms in total. The molecular weight excluding hydrogens is 274 g/mol. The fraction of sp³-hybridized carbons (Fsp3) is 0.562. The molecule has 2 unspecified atom stereocenters. The predicted molar refractivity (Wildman–Crippen MR) is 78.7 cm³/mol. The summed E-state index contributed by atoms with van der Waals surface area (Å²) < 4.78 is 5.57. The molecule has 1 amide bonds. The minimum Gasteiger partial charge on any atom is -0.379 e. The first-order valence-corrected chi connectivity index (χ1v) is 7.78. The number of hydrogen-bond acceptors (Lipinski definition) is 2. The van der Waals surface area contributed by atoms with Gasteiger partial charge >= 0.3 is 0 Å². The van der Waals surface area contributed by atoms with Crippen LogP contribution < -0.4 is 0 Å². The van der Waals surface area contributed by atoms with Crippen LogP contribution in [0.3, 0.4) is 0 Å². The zero-order chi connectivity index (χ0) is 13.9. The van der Waals surface area contributed by atoms with Crippen molar-refractivity contribution in [1.29, 1.82) is 0 Å². The molecule has 2 heterocycles. The van der Waals surface area contributed by atoms with Crippen molar-refractivity contribution in [2.24, 2.45) is 0 Å². The summed E-state index contributed by atoms with van der Waals surface area (Å²) in [6.07, 6.45) is 4.76. The molecule has 2 atom stereocenters. The number of rotatable bonds is 2. The molecular formula is C16H20ClNO2. The summed E-state index contributed by atoms with van der Waals surface area (Å²) in [6, 6.07) is 8.32. The van der Waals surface area contributed by atoms with E-state index in [9.17, 15) is 4.79 Å². The lowest BCUT2D eigenvalue weighted by molar-refractivity contribution is -0.143. The molecule has 0 bridgehead atoms. The van der Waals surface area contributed by atoms with Crippen LogP contribution in [0.4, 0.5) is 0 Å². The summed E-state index contributed by atoms with van der Waals surface area (Å²) in [5.41, 5.74) is 1.19. The minimum atomic E-state index is 0.181. The molecule has 2 fully saturated rings. The summed E-state index contributed by atoms with van der Waals surface area (Å²) in [6.45, 7) is 1.50. The third-order valence-corrected chi connectivity index (χ3v) is 4.53. The number of ether oxygens (including phenoxy) is 1. The van der Waals surface area contributed by atoms with E-state index in [0.717, 1.165) is 37.3 Å². The first kappa shape index (κ1) is 13.9. The Bertz CT molecular complexity index is 468. The van der Waals surface area contributed by atoms with E-state index in [2.05, 4.69) is 4.90 Å². The number of halogens is 1. The van der Waals surface area contributed by atoms with E-state index in [1.165, 1.54) is 5.56 Å². The second-order valence-corrected chi connectivity index (χ2v) is 6.07. The van der Waals surface area contributed by atoms with E-state index in [0.29, 0.717) is 13.0 Å². The average molecular weight is 294 g/mol. The average Bonchev–Trinajstić information content (AvgIpc) is 2.49. The van der Waals surface area contributed by atoms with Crippen molar-refractivity contribution >= 4 is 17.5 Å². The van der Waals surface area contributed by atoms with Crippen molar-refractivity contribution < 1.29 is 9.53 Å². The van der Waals surface area contributed by atoms with Gasteiger partial charge in [-0.05, 0) is 43.4 Å². The van der Waals surface area contributed by atoms with Gasteiger partial charge in [0.05, 0.1) is 18.7 Å². The standard InChI is InChI=1S/C16H20ClNO2/c17-13-8-6-12(7-9-13)15-4-1-5-16(19)18(15)14-3-2-10-20-11-14/h6-9,14-15H,1-5,10-11H2. The largest absolute Gasteiger partial charge is 0.379 e. The molecule has 20 heavy (non-hydrogen) atoms. The van der Waals surface area contributed by atoms with Crippen LogP contribution in [-0.2, 0) is 9.53 Å². The molecule has 108 valence electrons. The quantitative estimate of drug-likeness (QED) is 0.834. The lowest BCUT2D eigenvalue weighted by Gasteiger charge is -2.42. The van der Waals surface area contributed by atoms with E-state index in [1.54, 1.807) is 0 Å². The molecule has 0 spiro atoms. The maximum absolute atomic E-state index is 12.4.